The van der Waals surface area contributed by atoms with Crippen molar-refractivity contribution in [3.05, 3.63) is 35.9 Å². The number of ether oxygens (including phenoxy) is 1. The molecule has 18 heavy (non-hydrogen) atoms. The summed E-state index contributed by atoms with van der Waals surface area (Å²) in [6.45, 7) is 0. The highest BCUT2D eigenvalue weighted by molar-refractivity contribution is 5.64. The van der Waals surface area contributed by atoms with Crippen molar-refractivity contribution in [2.45, 2.75) is 31.8 Å². The van der Waals surface area contributed by atoms with E-state index in [2.05, 4.69) is 11.8 Å². The lowest BCUT2D eigenvalue weighted by Gasteiger charge is -2.26. The normalized spacial score (nSPS) is 22.7. The van der Waals surface area contributed by atoms with Gasteiger partial charge in [0.1, 0.15) is 6.10 Å². The Hall–Kier alpha value is -1.95. The summed E-state index contributed by atoms with van der Waals surface area (Å²) in [5.41, 5.74) is 6.07. The molecule has 0 radical (unpaired) electrons. The van der Waals surface area contributed by atoms with Crippen LogP contribution in [-0.2, 0) is 4.74 Å². The molecule has 1 aromatic carbocycles. The van der Waals surface area contributed by atoms with E-state index in [1.807, 2.05) is 30.3 Å². The van der Waals surface area contributed by atoms with E-state index in [9.17, 15) is 4.79 Å². The van der Waals surface area contributed by atoms with Gasteiger partial charge in [-0.15, -0.1) is 0 Å². The van der Waals surface area contributed by atoms with E-state index in [-0.39, 0.29) is 12.0 Å². The minimum absolute atomic E-state index is 0.103. The second kappa shape index (κ2) is 6.11. The summed E-state index contributed by atoms with van der Waals surface area (Å²) in [6.07, 6.45) is 3.18. The van der Waals surface area contributed by atoms with Gasteiger partial charge in [0.15, 0.2) is 0 Å². The van der Waals surface area contributed by atoms with Gasteiger partial charge in [0, 0.05) is 5.56 Å². The van der Waals surface area contributed by atoms with Crippen LogP contribution in [0, 0.1) is 17.8 Å². The Morgan fingerprint density at radius 2 is 1.94 bits per heavy atom. The fraction of sp³-hybridized carbons (Fsp3) is 0.400. The first-order valence-corrected chi connectivity index (χ1v) is 6.28. The summed E-state index contributed by atoms with van der Waals surface area (Å²) in [5, 5.41) is 0. The van der Waals surface area contributed by atoms with E-state index in [1.165, 1.54) is 0 Å². The van der Waals surface area contributed by atoms with E-state index < -0.39 is 6.09 Å². The molecule has 1 aliphatic carbocycles. The minimum atomic E-state index is -0.701. The molecular weight excluding hydrogens is 226 g/mol. The lowest BCUT2D eigenvalue weighted by Crippen LogP contribution is -2.31. The third-order valence-electron chi connectivity index (χ3n) is 3.15. The largest absolute Gasteiger partial charge is 0.445 e. The minimum Gasteiger partial charge on any atom is -0.445 e. The number of primary amides is 1. The van der Waals surface area contributed by atoms with Gasteiger partial charge < -0.3 is 10.5 Å². The average Bonchev–Trinajstić information content (AvgIpc) is 2.38. The topological polar surface area (TPSA) is 52.3 Å². The van der Waals surface area contributed by atoms with Gasteiger partial charge in [0.25, 0.3) is 0 Å². The SMILES string of the molecule is NC(=O)OC1CCCCC1C#Cc1ccccc1. The lowest BCUT2D eigenvalue weighted by atomic mass is 9.86. The van der Waals surface area contributed by atoms with Crippen LogP contribution in [0.25, 0.3) is 0 Å². The predicted octanol–water partition coefficient (Wildman–Crippen LogP) is 2.69. The smallest absolute Gasteiger partial charge is 0.404 e. The molecular formula is C15H17NO2. The van der Waals surface area contributed by atoms with Gasteiger partial charge in [-0.1, -0.05) is 36.5 Å². The quantitative estimate of drug-likeness (QED) is 0.771. The zero-order valence-electron chi connectivity index (χ0n) is 10.3. The fourth-order valence-electron chi connectivity index (χ4n) is 2.25. The number of benzene rings is 1. The molecule has 1 aliphatic rings. The second-order valence-electron chi connectivity index (χ2n) is 4.50. The molecule has 1 amide bonds. The van der Waals surface area contributed by atoms with Gasteiger partial charge in [0.2, 0.25) is 0 Å². The maximum absolute atomic E-state index is 10.8. The third kappa shape index (κ3) is 3.53. The number of nitrogens with two attached hydrogens (primary N) is 1. The highest BCUT2D eigenvalue weighted by Crippen LogP contribution is 2.26. The molecule has 0 heterocycles. The molecule has 0 spiro atoms. The van der Waals surface area contributed by atoms with Crippen molar-refractivity contribution in [2.24, 2.45) is 11.7 Å². The zero-order chi connectivity index (χ0) is 12.8. The third-order valence-corrected chi connectivity index (χ3v) is 3.15. The highest BCUT2D eigenvalue weighted by Gasteiger charge is 2.26. The molecule has 0 aliphatic heterocycles. The van der Waals surface area contributed by atoms with Crippen LogP contribution >= 0.6 is 0 Å². The van der Waals surface area contributed by atoms with Gasteiger partial charge in [-0.05, 0) is 31.4 Å². The summed E-state index contributed by atoms with van der Waals surface area (Å²) in [4.78, 5) is 10.8. The molecule has 0 bridgehead atoms. The zero-order valence-corrected chi connectivity index (χ0v) is 10.3. The molecule has 1 saturated carbocycles. The number of carbonyl (C=O) groups is 1. The monoisotopic (exact) mass is 243 g/mol. The Bertz CT molecular complexity index is 458. The van der Waals surface area contributed by atoms with Crippen LogP contribution in [0.3, 0.4) is 0 Å². The van der Waals surface area contributed by atoms with Crippen LogP contribution in [0.2, 0.25) is 0 Å². The van der Waals surface area contributed by atoms with Crippen molar-refractivity contribution >= 4 is 6.09 Å². The number of carbonyl (C=O) groups excluding carboxylic acids is 1. The Kier molecular flexibility index (Phi) is 4.25. The molecule has 0 aromatic heterocycles. The second-order valence-corrected chi connectivity index (χ2v) is 4.50. The summed E-state index contributed by atoms with van der Waals surface area (Å²) in [7, 11) is 0. The van der Waals surface area contributed by atoms with Crippen molar-refractivity contribution in [3.8, 4) is 11.8 Å². The van der Waals surface area contributed by atoms with Crippen molar-refractivity contribution < 1.29 is 9.53 Å². The maximum Gasteiger partial charge on any atom is 0.404 e. The molecule has 2 atom stereocenters. The van der Waals surface area contributed by atoms with Crippen LogP contribution in [0.4, 0.5) is 4.79 Å². The van der Waals surface area contributed by atoms with Crippen molar-refractivity contribution in [1.82, 2.24) is 0 Å². The molecule has 2 unspecified atom stereocenters. The van der Waals surface area contributed by atoms with E-state index in [0.29, 0.717) is 0 Å². The maximum atomic E-state index is 10.8. The van der Waals surface area contributed by atoms with Crippen LogP contribution in [0.15, 0.2) is 30.3 Å². The summed E-state index contributed by atoms with van der Waals surface area (Å²) in [5.74, 6) is 6.45. The molecule has 2 rings (SSSR count). The predicted molar refractivity (Wildman–Crippen MR) is 69.7 cm³/mol. The van der Waals surface area contributed by atoms with Crippen LogP contribution in [-0.4, -0.2) is 12.2 Å². The first kappa shape index (κ1) is 12.5. The van der Waals surface area contributed by atoms with Crippen LogP contribution in [0.5, 0.6) is 0 Å². The van der Waals surface area contributed by atoms with E-state index in [1.54, 1.807) is 0 Å². The van der Waals surface area contributed by atoms with Crippen molar-refractivity contribution in [1.29, 1.82) is 0 Å². The molecule has 2 N–H and O–H groups in total. The van der Waals surface area contributed by atoms with E-state index >= 15 is 0 Å². The first-order valence-electron chi connectivity index (χ1n) is 6.28. The Morgan fingerprint density at radius 1 is 1.22 bits per heavy atom. The average molecular weight is 243 g/mol. The number of hydrogen-bond acceptors (Lipinski definition) is 2. The summed E-state index contributed by atoms with van der Waals surface area (Å²) >= 11 is 0. The molecule has 3 nitrogen and oxygen atoms in total. The van der Waals surface area contributed by atoms with Crippen molar-refractivity contribution in [3.63, 3.8) is 0 Å². The number of rotatable bonds is 1. The molecule has 1 fully saturated rings. The Balaban J connectivity index is 2.06. The first-order chi connectivity index (χ1) is 8.75. The van der Waals surface area contributed by atoms with Crippen molar-refractivity contribution in [2.75, 3.05) is 0 Å². The van der Waals surface area contributed by atoms with E-state index in [0.717, 1.165) is 31.2 Å². The van der Waals surface area contributed by atoms with Gasteiger partial charge in [0.05, 0.1) is 5.92 Å². The van der Waals surface area contributed by atoms with E-state index in [4.69, 9.17) is 10.5 Å². The summed E-state index contributed by atoms with van der Waals surface area (Å²) < 4.78 is 5.13. The van der Waals surface area contributed by atoms with Gasteiger partial charge >= 0.3 is 6.09 Å². The Morgan fingerprint density at radius 3 is 2.67 bits per heavy atom. The van der Waals surface area contributed by atoms with Gasteiger partial charge in [-0.3, -0.25) is 0 Å². The molecule has 94 valence electrons. The highest BCUT2D eigenvalue weighted by atomic mass is 16.6. The fourth-order valence-corrected chi connectivity index (χ4v) is 2.25. The standard InChI is InChI=1S/C15H17NO2/c16-15(17)18-14-9-5-4-8-13(14)11-10-12-6-2-1-3-7-12/h1-3,6-7,13-14H,4-5,8-9H2,(H2,16,17). The Labute approximate surface area is 107 Å². The summed E-state index contributed by atoms with van der Waals surface area (Å²) in [6, 6.07) is 9.83. The van der Waals surface area contributed by atoms with Crippen LogP contribution in [0.1, 0.15) is 31.2 Å². The van der Waals surface area contributed by atoms with Gasteiger partial charge in [-0.2, -0.15) is 0 Å². The van der Waals surface area contributed by atoms with Gasteiger partial charge in [-0.25, -0.2) is 4.79 Å². The molecule has 3 heteroatoms. The number of amides is 1. The molecule has 0 saturated heterocycles. The number of hydrogen-bond donors (Lipinski definition) is 1. The lowest BCUT2D eigenvalue weighted by molar-refractivity contribution is 0.0616. The molecule has 1 aromatic rings. The van der Waals surface area contributed by atoms with Crippen LogP contribution < -0.4 is 5.73 Å².